The Kier molecular flexibility index (Phi) is 2.98. The molecule has 1 aromatic heterocycles. The van der Waals surface area contributed by atoms with Gasteiger partial charge in [-0.2, -0.15) is 0 Å². The first-order valence-corrected chi connectivity index (χ1v) is 6.89. The average molecular weight is 244 g/mol. The third-order valence-electron chi connectivity index (χ3n) is 4.10. The van der Waals surface area contributed by atoms with E-state index in [1.807, 2.05) is 19.3 Å². The van der Waals surface area contributed by atoms with Crippen LogP contribution < -0.4 is 0 Å². The zero-order chi connectivity index (χ0) is 12.5. The first kappa shape index (κ1) is 11.6. The Labute approximate surface area is 108 Å². The van der Waals surface area contributed by atoms with E-state index in [9.17, 15) is 4.79 Å². The highest BCUT2D eigenvalue weighted by molar-refractivity contribution is 6.10. The second-order valence-corrected chi connectivity index (χ2v) is 5.37. The standard InChI is InChI=1S/C15H20N2O/c1-16-10-7-13-14(16)6-5-12(15(13)18)11-17-8-3-2-4-9-17/h7,10-11H,2-6,8-9H2,1H3/b12-11+. The normalized spacial score (nSPS) is 22.4. The molecule has 0 bridgehead atoms. The van der Waals surface area contributed by atoms with Crippen LogP contribution >= 0.6 is 0 Å². The molecule has 1 saturated heterocycles. The minimum Gasteiger partial charge on any atom is -0.377 e. The van der Waals surface area contributed by atoms with E-state index in [2.05, 4.69) is 15.7 Å². The Balaban J connectivity index is 1.83. The van der Waals surface area contributed by atoms with Crippen LogP contribution in [0.1, 0.15) is 41.7 Å². The molecule has 0 radical (unpaired) electrons. The summed E-state index contributed by atoms with van der Waals surface area (Å²) >= 11 is 0. The Morgan fingerprint density at radius 1 is 1.17 bits per heavy atom. The van der Waals surface area contributed by atoms with Gasteiger partial charge in [-0.15, -0.1) is 0 Å². The van der Waals surface area contributed by atoms with Gasteiger partial charge in [-0.25, -0.2) is 0 Å². The molecule has 0 aromatic carbocycles. The van der Waals surface area contributed by atoms with Crippen molar-refractivity contribution < 1.29 is 4.79 Å². The fourth-order valence-electron chi connectivity index (χ4n) is 3.01. The molecule has 1 aromatic rings. The van der Waals surface area contributed by atoms with Gasteiger partial charge in [0, 0.05) is 49.4 Å². The number of fused-ring (bicyclic) bond motifs is 1. The van der Waals surface area contributed by atoms with Gasteiger partial charge in [-0.05, 0) is 38.2 Å². The van der Waals surface area contributed by atoms with E-state index in [0.717, 1.165) is 37.1 Å². The number of hydrogen-bond donors (Lipinski definition) is 0. The summed E-state index contributed by atoms with van der Waals surface area (Å²) in [7, 11) is 2.02. The van der Waals surface area contributed by atoms with Crippen LogP contribution in [0.2, 0.25) is 0 Å². The van der Waals surface area contributed by atoms with E-state index < -0.39 is 0 Å². The van der Waals surface area contributed by atoms with Crippen molar-refractivity contribution in [2.75, 3.05) is 13.1 Å². The molecular formula is C15H20N2O. The van der Waals surface area contributed by atoms with Gasteiger partial charge in [-0.3, -0.25) is 4.79 Å². The van der Waals surface area contributed by atoms with Crippen molar-refractivity contribution >= 4 is 5.78 Å². The monoisotopic (exact) mass is 244 g/mol. The Morgan fingerprint density at radius 2 is 1.94 bits per heavy atom. The molecule has 96 valence electrons. The summed E-state index contributed by atoms with van der Waals surface area (Å²) in [5.41, 5.74) is 3.10. The fraction of sp³-hybridized carbons (Fsp3) is 0.533. The maximum absolute atomic E-state index is 12.4. The summed E-state index contributed by atoms with van der Waals surface area (Å²) in [6.45, 7) is 2.22. The second kappa shape index (κ2) is 4.63. The van der Waals surface area contributed by atoms with Crippen LogP contribution in [-0.2, 0) is 13.5 Å². The number of allylic oxidation sites excluding steroid dienone is 1. The molecule has 2 aliphatic rings. The number of carbonyl (C=O) groups excluding carboxylic acids is 1. The molecule has 1 fully saturated rings. The van der Waals surface area contributed by atoms with Crippen molar-refractivity contribution in [3.05, 3.63) is 35.3 Å². The number of piperidine rings is 1. The molecule has 1 aliphatic carbocycles. The minimum atomic E-state index is 0.238. The van der Waals surface area contributed by atoms with Crippen molar-refractivity contribution in [2.45, 2.75) is 32.1 Å². The topological polar surface area (TPSA) is 25.2 Å². The van der Waals surface area contributed by atoms with Crippen LogP contribution in [0.3, 0.4) is 0 Å². The van der Waals surface area contributed by atoms with Crippen molar-refractivity contribution in [1.82, 2.24) is 9.47 Å². The molecule has 0 N–H and O–H groups in total. The zero-order valence-corrected chi connectivity index (χ0v) is 11.0. The molecule has 0 amide bonds. The number of rotatable bonds is 1. The Bertz CT molecular complexity index is 493. The summed E-state index contributed by atoms with van der Waals surface area (Å²) in [6, 6.07) is 1.96. The average Bonchev–Trinajstić information content (AvgIpc) is 2.77. The molecule has 1 aliphatic heterocycles. The molecule has 3 heteroatoms. The van der Waals surface area contributed by atoms with E-state index >= 15 is 0 Å². The van der Waals surface area contributed by atoms with Gasteiger partial charge in [0.25, 0.3) is 0 Å². The third-order valence-corrected chi connectivity index (χ3v) is 4.10. The SMILES string of the molecule is Cn1ccc2c1CC/C(=C\N1CCCCC1)C2=O. The maximum Gasteiger partial charge on any atom is 0.192 e. The maximum atomic E-state index is 12.4. The van der Waals surface area contributed by atoms with Gasteiger partial charge < -0.3 is 9.47 Å². The van der Waals surface area contributed by atoms with Gasteiger partial charge in [0.1, 0.15) is 0 Å². The number of aromatic nitrogens is 1. The lowest BCUT2D eigenvalue weighted by Gasteiger charge is -2.27. The highest BCUT2D eigenvalue weighted by Gasteiger charge is 2.24. The summed E-state index contributed by atoms with van der Waals surface area (Å²) in [5, 5.41) is 0. The van der Waals surface area contributed by atoms with Crippen LogP contribution in [-0.4, -0.2) is 28.3 Å². The number of nitrogens with zero attached hydrogens (tertiary/aromatic N) is 2. The lowest BCUT2D eigenvalue weighted by molar-refractivity contribution is 0.102. The smallest absolute Gasteiger partial charge is 0.192 e. The lowest BCUT2D eigenvalue weighted by atomic mass is 9.92. The van der Waals surface area contributed by atoms with Crippen LogP contribution in [0, 0.1) is 0 Å². The predicted octanol–water partition coefficient (Wildman–Crippen LogP) is 2.52. The van der Waals surface area contributed by atoms with Crippen molar-refractivity contribution in [3.8, 4) is 0 Å². The van der Waals surface area contributed by atoms with Crippen molar-refractivity contribution in [2.24, 2.45) is 7.05 Å². The molecule has 0 spiro atoms. The number of carbonyl (C=O) groups is 1. The number of hydrogen-bond acceptors (Lipinski definition) is 2. The second-order valence-electron chi connectivity index (χ2n) is 5.37. The first-order valence-electron chi connectivity index (χ1n) is 6.89. The van der Waals surface area contributed by atoms with Crippen LogP contribution in [0.25, 0.3) is 0 Å². The third kappa shape index (κ3) is 1.98. The summed E-state index contributed by atoms with van der Waals surface area (Å²) in [6.07, 6.45) is 9.84. The molecule has 0 unspecified atom stereocenters. The zero-order valence-electron chi connectivity index (χ0n) is 11.0. The summed E-state index contributed by atoms with van der Waals surface area (Å²) in [5.74, 6) is 0.238. The summed E-state index contributed by atoms with van der Waals surface area (Å²) in [4.78, 5) is 14.7. The highest BCUT2D eigenvalue weighted by atomic mass is 16.1. The van der Waals surface area contributed by atoms with Gasteiger partial charge in [-0.1, -0.05) is 0 Å². The van der Waals surface area contributed by atoms with E-state index in [0.29, 0.717) is 0 Å². The lowest BCUT2D eigenvalue weighted by Crippen LogP contribution is -2.26. The number of Topliss-reactive ketones (excluding diaryl/α,β-unsaturated/α-hetero) is 1. The summed E-state index contributed by atoms with van der Waals surface area (Å²) < 4.78 is 2.07. The van der Waals surface area contributed by atoms with Gasteiger partial charge in [0.15, 0.2) is 5.78 Å². The van der Waals surface area contributed by atoms with Crippen molar-refractivity contribution in [3.63, 3.8) is 0 Å². The van der Waals surface area contributed by atoms with Gasteiger partial charge >= 0.3 is 0 Å². The number of likely N-dealkylation sites (tertiary alicyclic amines) is 1. The number of aryl methyl sites for hydroxylation is 1. The van der Waals surface area contributed by atoms with E-state index in [1.165, 1.54) is 25.0 Å². The predicted molar refractivity (Wildman–Crippen MR) is 71.6 cm³/mol. The van der Waals surface area contributed by atoms with E-state index in [-0.39, 0.29) is 5.78 Å². The molecule has 0 atom stereocenters. The molecular weight excluding hydrogens is 224 g/mol. The molecule has 2 heterocycles. The minimum absolute atomic E-state index is 0.238. The van der Waals surface area contributed by atoms with Crippen molar-refractivity contribution in [1.29, 1.82) is 0 Å². The van der Waals surface area contributed by atoms with Gasteiger partial charge in [0.05, 0.1) is 0 Å². The van der Waals surface area contributed by atoms with Crippen LogP contribution in [0.4, 0.5) is 0 Å². The Hall–Kier alpha value is -1.51. The molecule has 3 nitrogen and oxygen atoms in total. The molecule has 3 rings (SSSR count). The molecule has 18 heavy (non-hydrogen) atoms. The van der Waals surface area contributed by atoms with Gasteiger partial charge in [0.2, 0.25) is 0 Å². The van der Waals surface area contributed by atoms with E-state index in [1.54, 1.807) is 0 Å². The first-order chi connectivity index (χ1) is 8.75. The Morgan fingerprint density at radius 3 is 2.72 bits per heavy atom. The largest absolute Gasteiger partial charge is 0.377 e. The number of ketones is 1. The van der Waals surface area contributed by atoms with E-state index in [4.69, 9.17) is 0 Å². The molecule has 0 saturated carbocycles. The quantitative estimate of drug-likeness (QED) is 0.709. The highest BCUT2D eigenvalue weighted by Crippen LogP contribution is 2.26. The van der Waals surface area contributed by atoms with Crippen LogP contribution in [0.5, 0.6) is 0 Å². The fourth-order valence-corrected chi connectivity index (χ4v) is 3.01. The van der Waals surface area contributed by atoms with Crippen LogP contribution in [0.15, 0.2) is 24.0 Å².